The van der Waals surface area contributed by atoms with Crippen LogP contribution in [0.4, 0.5) is 5.13 Å². The molecule has 28 heavy (non-hydrogen) atoms. The molecule has 3 rings (SSSR count). The molecule has 1 atom stereocenters. The lowest BCUT2D eigenvalue weighted by Gasteiger charge is -2.17. The van der Waals surface area contributed by atoms with Gasteiger partial charge in [-0.2, -0.15) is 0 Å². The summed E-state index contributed by atoms with van der Waals surface area (Å²) in [5.41, 5.74) is 1.21. The molecule has 1 N–H and O–H groups in total. The van der Waals surface area contributed by atoms with E-state index in [-0.39, 0.29) is 5.91 Å². The highest BCUT2D eigenvalue weighted by Gasteiger charge is 2.21. The number of anilines is 1. The number of aromatic nitrogens is 2. The van der Waals surface area contributed by atoms with Gasteiger partial charge in [0.15, 0.2) is 21.9 Å². The molecule has 3 aromatic rings. The highest BCUT2D eigenvalue weighted by atomic mass is 32.2. The Kier molecular flexibility index (Phi) is 7.27. The third kappa shape index (κ3) is 5.46. The molecule has 0 aliphatic carbocycles. The lowest BCUT2D eigenvalue weighted by Crippen LogP contribution is -2.32. The number of amides is 1. The van der Waals surface area contributed by atoms with Crippen molar-refractivity contribution < 1.29 is 14.3 Å². The van der Waals surface area contributed by atoms with Gasteiger partial charge in [0.25, 0.3) is 5.91 Å². The molecule has 6 nitrogen and oxygen atoms in total. The minimum Gasteiger partial charge on any atom is -0.493 e. The number of benzene rings is 2. The van der Waals surface area contributed by atoms with Crippen LogP contribution >= 0.6 is 23.1 Å². The fraction of sp³-hybridized carbons (Fsp3) is 0.250. The molecule has 0 aliphatic heterocycles. The van der Waals surface area contributed by atoms with Crippen LogP contribution in [0.2, 0.25) is 0 Å². The Labute approximate surface area is 172 Å². The normalized spacial score (nSPS) is 11.6. The van der Waals surface area contributed by atoms with Crippen LogP contribution in [0.25, 0.3) is 0 Å². The van der Waals surface area contributed by atoms with E-state index in [9.17, 15) is 4.79 Å². The van der Waals surface area contributed by atoms with Crippen molar-refractivity contribution in [1.82, 2.24) is 10.2 Å². The number of carbonyl (C=O) groups is 1. The summed E-state index contributed by atoms with van der Waals surface area (Å²) in [7, 11) is 1.57. The van der Waals surface area contributed by atoms with Crippen LogP contribution in [0.3, 0.4) is 0 Å². The Morgan fingerprint density at radius 3 is 2.54 bits per heavy atom. The van der Waals surface area contributed by atoms with E-state index in [1.165, 1.54) is 16.9 Å². The van der Waals surface area contributed by atoms with E-state index >= 15 is 0 Å². The van der Waals surface area contributed by atoms with Crippen LogP contribution in [0, 0.1) is 0 Å². The molecule has 2 aromatic carbocycles. The van der Waals surface area contributed by atoms with Crippen molar-refractivity contribution in [2.75, 3.05) is 12.4 Å². The van der Waals surface area contributed by atoms with Crippen molar-refractivity contribution in [2.45, 2.75) is 29.5 Å². The van der Waals surface area contributed by atoms with Crippen LogP contribution < -0.4 is 14.8 Å². The highest BCUT2D eigenvalue weighted by Crippen LogP contribution is 2.30. The predicted octanol–water partition coefficient (Wildman–Crippen LogP) is 4.64. The molecule has 0 fully saturated rings. The summed E-state index contributed by atoms with van der Waals surface area (Å²) in [6.45, 7) is 1.89. The third-order valence-corrected chi connectivity index (χ3v) is 5.89. The Bertz CT molecular complexity index is 902. The Balaban J connectivity index is 1.58. The second-order valence-electron chi connectivity index (χ2n) is 5.80. The number of rotatable bonds is 9. The van der Waals surface area contributed by atoms with Gasteiger partial charge in [-0.15, -0.1) is 10.2 Å². The molecule has 1 unspecified atom stereocenters. The van der Waals surface area contributed by atoms with E-state index < -0.39 is 6.10 Å². The number of nitrogens with one attached hydrogen (secondary N) is 1. The summed E-state index contributed by atoms with van der Waals surface area (Å²) in [4.78, 5) is 12.6. The van der Waals surface area contributed by atoms with Crippen LogP contribution in [-0.4, -0.2) is 29.3 Å². The van der Waals surface area contributed by atoms with Crippen molar-refractivity contribution in [1.29, 1.82) is 0 Å². The Hall–Kier alpha value is -2.58. The van der Waals surface area contributed by atoms with E-state index in [2.05, 4.69) is 27.6 Å². The largest absolute Gasteiger partial charge is 0.493 e. The molecule has 1 aromatic heterocycles. The topological polar surface area (TPSA) is 73.3 Å². The first kappa shape index (κ1) is 20.2. The van der Waals surface area contributed by atoms with E-state index in [1.54, 1.807) is 31.0 Å². The number of methoxy groups -OCH3 is 1. The van der Waals surface area contributed by atoms with E-state index in [0.29, 0.717) is 23.1 Å². The molecular formula is C20H21N3O3S2. The van der Waals surface area contributed by atoms with Crippen molar-refractivity contribution in [3.05, 3.63) is 60.2 Å². The van der Waals surface area contributed by atoms with Gasteiger partial charge in [-0.05, 0) is 24.1 Å². The van der Waals surface area contributed by atoms with Crippen molar-refractivity contribution >= 4 is 34.1 Å². The molecule has 0 aliphatic rings. The van der Waals surface area contributed by atoms with Gasteiger partial charge in [0, 0.05) is 5.75 Å². The molecule has 146 valence electrons. The smallest absolute Gasteiger partial charge is 0.267 e. The summed E-state index contributed by atoms with van der Waals surface area (Å²) in [6.07, 6.45) is -0.140. The van der Waals surface area contributed by atoms with Crippen molar-refractivity contribution in [2.24, 2.45) is 0 Å². The van der Waals surface area contributed by atoms with Crippen molar-refractivity contribution in [3.8, 4) is 11.5 Å². The van der Waals surface area contributed by atoms with Crippen molar-refractivity contribution in [3.63, 3.8) is 0 Å². The maximum absolute atomic E-state index is 12.6. The van der Waals surface area contributed by atoms with Gasteiger partial charge in [0.05, 0.1) is 7.11 Å². The van der Waals surface area contributed by atoms with E-state index in [4.69, 9.17) is 9.47 Å². The highest BCUT2D eigenvalue weighted by molar-refractivity contribution is 8.00. The maximum atomic E-state index is 12.6. The number of para-hydroxylation sites is 2. The summed E-state index contributed by atoms with van der Waals surface area (Å²) < 4.78 is 11.9. The molecular weight excluding hydrogens is 394 g/mol. The molecule has 0 radical (unpaired) electrons. The first-order valence-electron chi connectivity index (χ1n) is 8.80. The Morgan fingerprint density at radius 1 is 1.11 bits per heavy atom. The van der Waals surface area contributed by atoms with E-state index in [1.807, 2.05) is 37.3 Å². The second kappa shape index (κ2) is 10.1. The molecule has 0 saturated carbocycles. The molecule has 1 heterocycles. The zero-order chi connectivity index (χ0) is 19.8. The molecule has 1 amide bonds. The summed E-state index contributed by atoms with van der Waals surface area (Å²) in [5.74, 6) is 1.66. The lowest BCUT2D eigenvalue weighted by atomic mass is 10.2. The average molecular weight is 416 g/mol. The lowest BCUT2D eigenvalue weighted by molar-refractivity contribution is -0.122. The average Bonchev–Trinajstić information content (AvgIpc) is 3.18. The molecule has 8 heteroatoms. The second-order valence-corrected chi connectivity index (χ2v) is 8.00. The first-order valence-corrected chi connectivity index (χ1v) is 10.6. The number of nitrogens with zero attached hydrogens (tertiary/aromatic N) is 2. The van der Waals surface area contributed by atoms with Gasteiger partial charge in [-0.25, -0.2) is 0 Å². The quantitative estimate of drug-likeness (QED) is 0.406. The number of hydrogen-bond donors (Lipinski definition) is 1. The number of hydrogen-bond acceptors (Lipinski definition) is 7. The van der Waals surface area contributed by atoms with Gasteiger partial charge in [0.1, 0.15) is 0 Å². The van der Waals surface area contributed by atoms with Crippen LogP contribution in [0.1, 0.15) is 18.9 Å². The zero-order valence-electron chi connectivity index (χ0n) is 15.6. The predicted molar refractivity (Wildman–Crippen MR) is 112 cm³/mol. The van der Waals surface area contributed by atoms with Gasteiger partial charge in [0.2, 0.25) is 5.13 Å². The Morgan fingerprint density at radius 2 is 1.82 bits per heavy atom. The number of carbonyl (C=O) groups excluding carboxylic acids is 1. The minimum absolute atomic E-state index is 0.260. The van der Waals surface area contributed by atoms with Gasteiger partial charge < -0.3 is 9.47 Å². The van der Waals surface area contributed by atoms with Gasteiger partial charge >= 0.3 is 0 Å². The maximum Gasteiger partial charge on any atom is 0.267 e. The SMILES string of the molecule is CCC(Oc1ccccc1OC)C(=O)Nc1nnc(SCc2ccccc2)s1. The first-order chi connectivity index (χ1) is 13.7. The van der Waals surface area contributed by atoms with Crippen LogP contribution in [0.5, 0.6) is 11.5 Å². The third-order valence-electron chi connectivity index (χ3n) is 3.84. The number of thioether (sulfide) groups is 1. The van der Waals surface area contributed by atoms with Crippen LogP contribution in [0.15, 0.2) is 58.9 Å². The molecule has 0 bridgehead atoms. The monoisotopic (exact) mass is 415 g/mol. The standard InChI is InChI=1S/C20H21N3O3S2/c1-3-15(26-17-12-8-7-11-16(17)25-2)18(24)21-19-22-23-20(28-19)27-13-14-9-5-4-6-10-14/h4-12,15H,3,13H2,1-2H3,(H,21,22,24). The summed E-state index contributed by atoms with van der Waals surface area (Å²) >= 11 is 2.94. The van der Waals surface area contributed by atoms with Gasteiger partial charge in [-0.1, -0.05) is 72.5 Å². The molecule has 0 saturated heterocycles. The minimum atomic E-state index is -0.652. The summed E-state index contributed by atoms with van der Waals surface area (Å²) in [6, 6.07) is 17.4. The van der Waals surface area contributed by atoms with Crippen LogP contribution in [-0.2, 0) is 10.5 Å². The van der Waals surface area contributed by atoms with Gasteiger partial charge in [-0.3, -0.25) is 10.1 Å². The van der Waals surface area contributed by atoms with E-state index in [0.717, 1.165) is 10.1 Å². The molecule has 0 spiro atoms. The fourth-order valence-electron chi connectivity index (χ4n) is 2.42. The zero-order valence-corrected chi connectivity index (χ0v) is 17.3. The fourth-order valence-corrected chi connectivity index (χ4v) is 4.13. The number of ether oxygens (including phenoxy) is 2. The summed E-state index contributed by atoms with van der Waals surface area (Å²) in [5, 5.41) is 11.5.